The highest BCUT2D eigenvalue weighted by Crippen LogP contribution is 2.04. The van der Waals surface area contributed by atoms with Crippen LogP contribution in [0.5, 0.6) is 0 Å². The molecule has 0 radical (unpaired) electrons. The summed E-state index contributed by atoms with van der Waals surface area (Å²) in [7, 11) is 1.66. The second-order valence-corrected chi connectivity index (χ2v) is 4.06. The minimum atomic E-state index is 0.153. The van der Waals surface area contributed by atoms with Crippen molar-refractivity contribution in [3.8, 4) is 0 Å². The maximum atomic E-state index is 11.5. The van der Waals surface area contributed by atoms with E-state index >= 15 is 0 Å². The van der Waals surface area contributed by atoms with Gasteiger partial charge in [-0.2, -0.15) is 0 Å². The molecule has 1 unspecified atom stereocenters. The molecule has 0 aromatic heterocycles. The molecule has 1 aliphatic heterocycles. The summed E-state index contributed by atoms with van der Waals surface area (Å²) in [5.74, 6) is 0.153. The van der Waals surface area contributed by atoms with Gasteiger partial charge in [0, 0.05) is 32.7 Å². The van der Waals surface area contributed by atoms with Crippen LogP contribution in [0.4, 0.5) is 0 Å². The summed E-state index contributed by atoms with van der Waals surface area (Å²) in [4.78, 5) is 11.5. The fourth-order valence-electron chi connectivity index (χ4n) is 1.82. The van der Waals surface area contributed by atoms with Crippen LogP contribution in [-0.4, -0.2) is 38.8 Å². The molecule has 88 valence electrons. The predicted molar refractivity (Wildman–Crippen MR) is 59.8 cm³/mol. The lowest BCUT2D eigenvalue weighted by atomic mass is 10.1. The van der Waals surface area contributed by atoms with Crippen LogP contribution in [0.3, 0.4) is 0 Å². The van der Waals surface area contributed by atoms with Crippen LogP contribution >= 0.6 is 0 Å². The summed E-state index contributed by atoms with van der Waals surface area (Å²) >= 11 is 0. The fraction of sp³-hybridized carbons (Fsp3) is 0.909. The number of rotatable bonds is 5. The molecule has 4 nitrogen and oxygen atoms in total. The molecule has 1 fully saturated rings. The van der Waals surface area contributed by atoms with E-state index in [9.17, 15) is 4.79 Å². The zero-order valence-electron chi connectivity index (χ0n) is 9.55. The van der Waals surface area contributed by atoms with Gasteiger partial charge in [-0.1, -0.05) is 6.42 Å². The minimum absolute atomic E-state index is 0.153. The Hall–Kier alpha value is -0.610. The average Bonchev–Trinajstić information content (AvgIpc) is 2.47. The van der Waals surface area contributed by atoms with Crippen molar-refractivity contribution in [1.29, 1.82) is 0 Å². The van der Waals surface area contributed by atoms with E-state index in [1.54, 1.807) is 7.11 Å². The Kier molecular flexibility index (Phi) is 6.36. The molecular weight excluding hydrogens is 192 g/mol. The van der Waals surface area contributed by atoms with Crippen molar-refractivity contribution in [2.45, 2.75) is 38.1 Å². The Balaban J connectivity index is 2.12. The highest BCUT2D eigenvalue weighted by Gasteiger charge is 2.13. The van der Waals surface area contributed by atoms with E-state index in [-0.39, 0.29) is 5.91 Å². The average molecular weight is 214 g/mol. The minimum Gasteiger partial charge on any atom is -0.385 e. The van der Waals surface area contributed by atoms with E-state index in [4.69, 9.17) is 4.74 Å². The summed E-state index contributed by atoms with van der Waals surface area (Å²) in [5.41, 5.74) is 0. The topological polar surface area (TPSA) is 50.4 Å². The third kappa shape index (κ3) is 5.74. The van der Waals surface area contributed by atoms with Crippen LogP contribution in [0, 0.1) is 0 Å². The molecule has 0 aromatic carbocycles. The largest absolute Gasteiger partial charge is 0.385 e. The summed E-state index contributed by atoms with van der Waals surface area (Å²) in [6, 6.07) is 0.322. The Bertz CT molecular complexity index is 177. The second kappa shape index (κ2) is 7.65. The van der Waals surface area contributed by atoms with Gasteiger partial charge in [0.1, 0.15) is 0 Å². The van der Waals surface area contributed by atoms with Crippen LogP contribution in [0.15, 0.2) is 0 Å². The van der Waals surface area contributed by atoms with Gasteiger partial charge in [0.05, 0.1) is 0 Å². The van der Waals surface area contributed by atoms with E-state index in [1.165, 1.54) is 12.8 Å². The maximum absolute atomic E-state index is 11.5. The normalized spacial score (nSPS) is 22.1. The van der Waals surface area contributed by atoms with Gasteiger partial charge >= 0.3 is 0 Å². The second-order valence-electron chi connectivity index (χ2n) is 4.06. The van der Waals surface area contributed by atoms with Crippen LogP contribution < -0.4 is 10.6 Å². The first-order valence-corrected chi connectivity index (χ1v) is 5.82. The first-order chi connectivity index (χ1) is 7.33. The molecule has 1 heterocycles. The lowest BCUT2D eigenvalue weighted by molar-refractivity contribution is -0.122. The maximum Gasteiger partial charge on any atom is 0.220 e. The summed E-state index contributed by atoms with van der Waals surface area (Å²) < 4.78 is 4.91. The van der Waals surface area contributed by atoms with Crippen LogP contribution in [-0.2, 0) is 9.53 Å². The molecule has 15 heavy (non-hydrogen) atoms. The van der Waals surface area contributed by atoms with Gasteiger partial charge in [-0.05, 0) is 25.8 Å². The first kappa shape index (κ1) is 12.5. The molecule has 0 saturated carbocycles. The SMILES string of the molecule is COCCCC(=O)NC1CCCCNC1. The number of hydrogen-bond donors (Lipinski definition) is 2. The smallest absolute Gasteiger partial charge is 0.220 e. The quantitative estimate of drug-likeness (QED) is 0.661. The molecule has 1 aliphatic rings. The van der Waals surface area contributed by atoms with Crippen molar-refractivity contribution in [3.63, 3.8) is 0 Å². The predicted octanol–water partition coefficient (Wildman–Crippen LogP) is 0.671. The van der Waals surface area contributed by atoms with Gasteiger partial charge in [0.2, 0.25) is 5.91 Å². The number of carbonyl (C=O) groups excluding carboxylic acids is 1. The van der Waals surface area contributed by atoms with Crippen molar-refractivity contribution in [3.05, 3.63) is 0 Å². The Labute approximate surface area is 91.8 Å². The van der Waals surface area contributed by atoms with Crippen molar-refractivity contribution < 1.29 is 9.53 Å². The molecular formula is C11H22N2O2. The highest BCUT2D eigenvalue weighted by molar-refractivity contribution is 5.76. The van der Waals surface area contributed by atoms with Gasteiger partial charge in [0.15, 0.2) is 0 Å². The third-order valence-electron chi connectivity index (χ3n) is 2.66. The zero-order valence-corrected chi connectivity index (χ0v) is 9.55. The van der Waals surface area contributed by atoms with E-state index in [2.05, 4.69) is 10.6 Å². The van der Waals surface area contributed by atoms with Gasteiger partial charge in [-0.25, -0.2) is 0 Å². The molecule has 0 aliphatic carbocycles. The number of ether oxygens (including phenoxy) is 1. The monoisotopic (exact) mass is 214 g/mol. The summed E-state index contributed by atoms with van der Waals surface area (Å²) in [5, 5.41) is 6.39. The standard InChI is InChI=1S/C11H22N2O2/c1-15-8-4-6-11(14)13-10-5-2-3-7-12-9-10/h10,12H,2-9H2,1H3,(H,13,14). The molecule has 1 atom stereocenters. The van der Waals surface area contributed by atoms with Crippen molar-refractivity contribution >= 4 is 5.91 Å². The molecule has 0 aromatic rings. The number of carbonyl (C=O) groups is 1. The third-order valence-corrected chi connectivity index (χ3v) is 2.66. The van der Waals surface area contributed by atoms with Crippen molar-refractivity contribution in [1.82, 2.24) is 10.6 Å². The zero-order chi connectivity index (χ0) is 10.9. The van der Waals surface area contributed by atoms with E-state index in [0.717, 1.165) is 25.9 Å². The van der Waals surface area contributed by atoms with Crippen LogP contribution in [0.25, 0.3) is 0 Å². The molecule has 4 heteroatoms. The molecule has 0 spiro atoms. The van der Waals surface area contributed by atoms with E-state index in [0.29, 0.717) is 19.1 Å². The van der Waals surface area contributed by atoms with Gasteiger partial charge in [-0.15, -0.1) is 0 Å². The van der Waals surface area contributed by atoms with Crippen LogP contribution in [0.2, 0.25) is 0 Å². The molecule has 0 bridgehead atoms. The lowest BCUT2D eigenvalue weighted by Gasteiger charge is -2.16. The Morgan fingerprint density at radius 2 is 2.40 bits per heavy atom. The van der Waals surface area contributed by atoms with Gasteiger partial charge in [-0.3, -0.25) is 4.79 Å². The van der Waals surface area contributed by atoms with Crippen LogP contribution in [0.1, 0.15) is 32.1 Å². The summed E-state index contributed by atoms with van der Waals surface area (Å²) in [6.45, 7) is 2.66. The van der Waals surface area contributed by atoms with Gasteiger partial charge < -0.3 is 15.4 Å². The Morgan fingerprint density at radius 3 is 3.20 bits per heavy atom. The van der Waals surface area contributed by atoms with Crippen molar-refractivity contribution in [2.75, 3.05) is 26.8 Å². The number of amides is 1. The number of methoxy groups -OCH3 is 1. The van der Waals surface area contributed by atoms with Gasteiger partial charge in [0.25, 0.3) is 0 Å². The van der Waals surface area contributed by atoms with Crippen molar-refractivity contribution in [2.24, 2.45) is 0 Å². The highest BCUT2D eigenvalue weighted by atomic mass is 16.5. The number of nitrogens with one attached hydrogen (secondary N) is 2. The molecule has 1 rings (SSSR count). The first-order valence-electron chi connectivity index (χ1n) is 5.82. The van der Waals surface area contributed by atoms with E-state index in [1.807, 2.05) is 0 Å². The van der Waals surface area contributed by atoms with E-state index < -0.39 is 0 Å². The summed E-state index contributed by atoms with van der Waals surface area (Å²) in [6.07, 6.45) is 4.90. The fourth-order valence-corrected chi connectivity index (χ4v) is 1.82. The Morgan fingerprint density at radius 1 is 1.53 bits per heavy atom. The number of hydrogen-bond acceptors (Lipinski definition) is 3. The molecule has 1 saturated heterocycles. The molecule has 2 N–H and O–H groups in total. The molecule has 1 amide bonds. The lowest BCUT2D eigenvalue weighted by Crippen LogP contribution is -2.40.